The summed E-state index contributed by atoms with van der Waals surface area (Å²) in [6, 6.07) is 12.8. The minimum Gasteiger partial charge on any atom is -0.424 e. The van der Waals surface area contributed by atoms with Gasteiger partial charge in [-0.1, -0.05) is 55.4 Å². The number of halogens is 1. The molecule has 4 aromatic rings. The van der Waals surface area contributed by atoms with Crippen LogP contribution in [0.4, 0.5) is 0 Å². The van der Waals surface area contributed by atoms with Gasteiger partial charge in [0, 0.05) is 10.9 Å². The molecular formula is C21H19ClN4O2S. The third-order valence-corrected chi connectivity index (χ3v) is 5.86. The molecule has 2 aromatic carbocycles. The third-order valence-electron chi connectivity index (χ3n) is 4.53. The average Bonchev–Trinajstić information content (AvgIpc) is 3.19. The average molecular weight is 427 g/mol. The van der Waals surface area contributed by atoms with Gasteiger partial charge in [-0.05, 0) is 36.8 Å². The molecule has 0 saturated heterocycles. The summed E-state index contributed by atoms with van der Waals surface area (Å²) in [5.74, 6) is 1.65. The summed E-state index contributed by atoms with van der Waals surface area (Å²) in [4.78, 5) is 18.1. The lowest BCUT2D eigenvalue weighted by molar-refractivity contribution is 0.445. The Morgan fingerprint density at radius 1 is 1.14 bits per heavy atom. The van der Waals surface area contributed by atoms with Crippen molar-refractivity contribution < 1.29 is 4.42 Å². The first-order valence-electron chi connectivity index (χ1n) is 9.18. The zero-order chi connectivity index (χ0) is 20.5. The van der Waals surface area contributed by atoms with Gasteiger partial charge in [0.15, 0.2) is 5.16 Å². The quantitative estimate of drug-likeness (QED) is 0.324. The second kappa shape index (κ2) is 8.00. The third kappa shape index (κ3) is 3.80. The molecule has 0 unspecified atom stereocenters. The highest BCUT2D eigenvalue weighted by atomic mass is 35.5. The van der Waals surface area contributed by atoms with E-state index < -0.39 is 0 Å². The number of hydrogen-bond acceptors (Lipinski definition) is 6. The van der Waals surface area contributed by atoms with Gasteiger partial charge in [0.1, 0.15) is 0 Å². The highest BCUT2D eigenvalue weighted by Gasteiger charge is 2.17. The van der Waals surface area contributed by atoms with E-state index in [1.807, 2.05) is 51.1 Å². The van der Waals surface area contributed by atoms with E-state index in [1.54, 1.807) is 16.7 Å². The van der Waals surface area contributed by atoms with Gasteiger partial charge in [-0.2, -0.15) is 0 Å². The number of para-hydroxylation sites is 1. The largest absolute Gasteiger partial charge is 0.424 e. The number of benzene rings is 2. The minimum absolute atomic E-state index is 0.142. The fraction of sp³-hybridized carbons (Fsp3) is 0.238. The van der Waals surface area contributed by atoms with Crippen molar-refractivity contribution >= 4 is 34.3 Å². The zero-order valence-electron chi connectivity index (χ0n) is 16.2. The van der Waals surface area contributed by atoms with E-state index in [0.717, 1.165) is 5.56 Å². The van der Waals surface area contributed by atoms with Crippen molar-refractivity contribution in [3.8, 4) is 5.69 Å². The maximum absolute atomic E-state index is 13.3. The Hall–Kier alpha value is -2.64. The summed E-state index contributed by atoms with van der Waals surface area (Å²) < 4.78 is 7.30. The Balaban J connectivity index is 1.83. The van der Waals surface area contributed by atoms with Gasteiger partial charge in [-0.3, -0.25) is 9.36 Å². The van der Waals surface area contributed by atoms with Crippen LogP contribution in [0.25, 0.3) is 16.6 Å². The van der Waals surface area contributed by atoms with E-state index in [0.29, 0.717) is 44.3 Å². The highest BCUT2D eigenvalue weighted by molar-refractivity contribution is 7.98. The number of hydrogen-bond donors (Lipinski definition) is 0. The lowest BCUT2D eigenvalue weighted by atomic mass is 10.2. The highest BCUT2D eigenvalue weighted by Crippen LogP contribution is 2.28. The molecule has 6 nitrogen and oxygen atoms in total. The molecule has 0 aliphatic rings. The van der Waals surface area contributed by atoms with Crippen LogP contribution in [0.15, 0.2) is 56.8 Å². The summed E-state index contributed by atoms with van der Waals surface area (Å²) in [6.45, 7) is 5.88. The summed E-state index contributed by atoms with van der Waals surface area (Å²) in [5.41, 5.74) is 2.02. The van der Waals surface area contributed by atoms with Gasteiger partial charge in [0.25, 0.3) is 5.56 Å². The maximum Gasteiger partial charge on any atom is 0.266 e. The van der Waals surface area contributed by atoms with Crippen LogP contribution >= 0.6 is 23.4 Å². The van der Waals surface area contributed by atoms with Crippen molar-refractivity contribution in [3.05, 3.63) is 75.2 Å². The second-order valence-electron chi connectivity index (χ2n) is 6.91. The van der Waals surface area contributed by atoms with Crippen LogP contribution < -0.4 is 5.56 Å². The summed E-state index contributed by atoms with van der Waals surface area (Å²) in [7, 11) is 0. The molecule has 4 rings (SSSR count). The molecule has 0 aliphatic carbocycles. The van der Waals surface area contributed by atoms with E-state index in [2.05, 4.69) is 10.2 Å². The predicted molar refractivity (Wildman–Crippen MR) is 115 cm³/mol. The van der Waals surface area contributed by atoms with Gasteiger partial charge in [0.05, 0.1) is 22.3 Å². The Bertz CT molecular complexity index is 1250. The lowest BCUT2D eigenvalue weighted by Crippen LogP contribution is -2.22. The van der Waals surface area contributed by atoms with Crippen molar-refractivity contribution in [2.45, 2.75) is 37.6 Å². The van der Waals surface area contributed by atoms with Crippen molar-refractivity contribution in [1.29, 1.82) is 0 Å². The van der Waals surface area contributed by atoms with Gasteiger partial charge >= 0.3 is 0 Å². The maximum atomic E-state index is 13.3. The van der Waals surface area contributed by atoms with Crippen LogP contribution in [0.3, 0.4) is 0 Å². The van der Waals surface area contributed by atoms with Crippen LogP contribution in [0.1, 0.15) is 37.1 Å². The molecule has 0 radical (unpaired) electrons. The SMILES string of the molecule is Cc1c(Cl)cccc1-n1c(SCc2nnc(C(C)C)o2)nc2ccccc2c1=O. The predicted octanol–water partition coefficient (Wildman–Crippen LogP) is 5.15. The smallest absolute Gasteiger partial charge is 0.266 e. The van der Waals surface area contributed by atoms with Crippen LogP contribution in [0.5, 0.6) is 0 Å². The Morgan fingerprint density at radius 3 is 2.69 bits per heavy atom. The molecule has 2 aromatic heterocycles. The molecular weight excluding hydrogens is 408 g/mol. The second-order valence-corrected chi connectivity index (χ2v) is 8.26. The molecule has 2 heterocycles. The normalized spacial score (nSPS) is 11.5. The minimum atomic E-state index is -0.142. The van der Waals surface area contributed by atoms with Gasteiger partial charge in [-0.25, -0.2) is 4.98 Å². The summed E-state index contributed by atoms with van der Waals surface area (Å²) in [6.07, 6.45) is 0. The monoisotopic (exact) mass is 426 g/mol. The fourth-order valence-electron chi connectivity index (χ4n) is 2.94. The molecule has 0 saturated carbocycles. The zero-order valence-corrected chi connectivity index (χ0v) is 17.8. The standard InChI is InChI=1S/C21H19ClN4O2S/c1-12(2)19-25-24-18(28-19)11-29-21-23-16-9-5-4-7-14(16)20(27)26(21)17-10-6-8-15(22)13(17)3/h4-10,12H,11H2,1-3H3. The van der Waals surface area contributed by atoms with Crippen LogP contribution in [0, 0.1) is 6.92 Å². The Labute approximate surface area is 176 Å². The topological polar surface area (TPSA) is 73.8 Å². The molecule has 8 heteroatoms. The van der Waals surface area contributed by atoms with E-state index >= 15 is 0 Å². The van der Waals surface area contributed by atoms with E-state index in [1.165, 1.54) is 11.8 Å². The lowest BCUT2D eigenvalue weighted by Gasteiger charge is -2.15. The first kappa shape index (κ1) is 19.7. The van der Waals surface area contributed by atoms with E-state index in [4.69, 9.17) is 21.0 Å². The number of aromatic nitrogens is 4. The number of rotatable bonds is 5. The number of nitrogens with zero attached hydrogens (tertiary/aromatic N) is 4. The molecule has 0 bridgehead atoms. The molecule has 0 amide bonds. The van der Waals surface area contributed by atoms with Gasteiger partial charge < -0.3 is 4.42 Å². The first-order chi connectivity index (χ1) is 14.0. The van der Waals surface area contributed by atoms with E-state index in [-0.39, 0.29) is 11.5 Å². The van der Waals surface area contributed by atoms with Crippen molar-refractivity contribution in [2.75, 3.05) is 0 Å². The van der Waals surface area contributed by atoms with Gasteiger partial charge in [0.2, 0.25) is 11.8 Å². The molecule has 0 aliphatic heterocycles. The number of fused-ring (bicyclic) bond motifs is 1. The first-order valence-corrected chi connectivity index (χ1v) is 10.5. The molecule has 0 atom stereocenters. The van der Waals surface area contributed by atoms with E-state index in [9.17, 15) is 4.79 Å². The van der Waals surface area contributed by atoms with Crippen molar-refractivity contribution in [2.24, 2.45) is 0 Å². The molecule has 0 N–H and O–H groups in total. The summed E-state index contributed by atoms with van der Waals surface area (Å²) in [5, 5.41) is 9.85. The Kier molecular flexibility index (Phi) is 5.43. The molecule has 29 heavy (non-hydrogen) atoms. The van der Waals surface area contributed by atoms with Crippen molar-refractivity contribution in [1.82, 2.24) is 19.7 Å². The van der Waals surface area contributed by atoms with Crippen LogP contribution in [-0.2, 0) is 5.75 Å². The van der Waals surface area contributed by atoms with Crippen LogP contribution in [-0.4, -0.2) is 19.7 Å². The summed E-state index contributed by atoms with van der Waals surface area (Å²) >= 11 is 7.69. The Morgan fingerprint density at radius 2 is 1.93 bits per heavy atom. The molecule has 148 valence electrons. The van der Waals surface area contributed by atoms with Gasteiger partial charge in [-0.15, -0.1) is 10.2 Å². The fourth-order valence-corrected chi connectivity index (χ4v) is 3.96. The molecule has 0 spiro atoms. The molecule has 0 fully saturated rings. The van der Waals surface area contributed by atoms with Crippen LogP contribution in [0.2, 0.25) is 5.02 Å². The number of thioether (sulfide) groups is 1. The van der Waals surface area contributed by atoms with Crippen molar-refractivity contribution in [3.63, 3.8) is 0 Å².